The average molecular weight is 536 g/mol. The van der Waals surface area contributed by atoms with Crippen LogP contribution < -0.4 is 15.2 Å². The molecule has 0 fully saturated rings. The Bertz CT molecular complexity index is 931. The van der Waals surface area contributed by atoms with Crippen molar-refractivity contribution in [3.63, 3.8) is 0 Å². The largest absolute Gasteiger partial charge is 0.462 e. The SMILES string of the molecule is CCC(C)CC(=O)Oc1ccc(C[C@H](N)C(=O)O[C@@H](C)COC(=O)C(C)CC)cc1OC(=O)CC(C)CC. The molecule has 2 N–H and O–H groups in total. The number of esters is 4. The predicted octanol–water partition coefficient (Wildman–Crippen LogP) is 4.76. The van der Waals surface area contributed by atoms with E-state index in [0.717, 1.165) is 12.8 Å². The number of nitrogens with two attached hydrogens (primary N) is 1. The summed E-state index contributed by atoms with van der Waals surface area (Å²) in [5.74, 6) is -1.58. The molecule has 0 bridgehead atoms. The van der Waals surface area contributed by atoms with E-state index in [0.29, 0.717) is 12.0 Å². The summed E-state index contributed by atoms with van der Waals surface area (Å²) in [5.41, 5.74) is 6.67. The molecule has 0 aromatic heterocycles. The molecule has 0 saturated heterocycles. The third-order valence-corrected chi connectivity index (χ3v) is 6.43. The van der Waals surface area contributed by atoms with Crippen LogP contribution in [0, 0.1) is 17.8 Å². The molecule has 0 aliphatic carbocycles. The fraction of sp³-hybridized carbons (Fsp3) is 0.655. The zero-order valence-electron chi connectivity index (χ0n) is 23.9. The Balaban J connectivity index is 2.91. The first-order chi connectivity index (χ1) is 17.9. The Morgan fingerprint density at radius 1 is 0.789 bits per heavy atom. The Morgan fingerprint density at radius 2 is 1.34 bits per heavy atom. The second-order valence-corrected chi connectivity index (χ2v) is 10.2. The maximum absolute atomic E-state index is 12.5. The fourth-order valence-electron chi connectivity index (χ4n) is 3.20. The van der Waals surface area contributed by atoms with Gasteiger partial charge in [0.15, 0.2) is 11.5 Å². The molecule has 0 radical (unpaired) electrons. The molecule has 0 heterocycles. The van der Waals surface area contributed by atoms with Crippen LogP contribution in [-0.4, -0.2) is 42.6 Å². The minimum atomic E-state index is -1.01. The monoisotopic (exact) mass is 535 g/mol. The van der Waals surface area contributed by atoms with Crippen LogP contribution in [0.15, 0.2) is 18.2 Å². The third-order valence-electron chi connectivity index (χ3n) is 6.43. The van der Waals surface area contributed by atoms with Crippen molar-refractivity contribution >= 4 is 23.9 Å². The summed E-state index contributed by atoms with van der Waals surface area (Å²) in [7, 11) is 0. The van der Waals surface area contributed by atoms with E-state index < -0.39 is 30.1 Å². The molecule has 0 aliphatic rings. The summed E-state index contributed by atoms with van der Waals surface area (Å²) >= 11 is 0. The smallest absolute Gasteiger partial charge is 0.323 e. The van der Waals surface area contributed by atoms with Gasteiger partial charge in [0.25, 0.3) is 0 Å². The van der Waals surface area contributed by atoms with Crippen molar-refractivity contribution in [1.82, 2.24) is 0 Å². The van der Waals surface area contributed by atoms with Gasteiger partial charge in [-0.15, -0.1) is 0 Å². The summed E-state index contributed by atoms with van der Waals surface area (Å²) in [6, 6.07) is 3.72. The number of benzene rings is 1. The van der Waals surface area contributed by atoms with Gasteiger partial charge in [-0.2, -0.15) is 0 Å². The van der Waals surface area contributed by atoms with Crippen LogP contribution in [0.25, 0.3) is 0 Å². The van der Waals surface area contributed by atoms with Gasteiger partial charge in [0, 0.05) is 12.8 Å². The van der Waals surface area contributed by atoms with Crippen LogP contribution in [0.2, 0.25) is 0 Å². The molecule has 9 nitrogen and oxygen atoms in total. The lowest BCUT2D eigenvalue weighted by Crippen LogP contribution is -2.37. The first-order valence-corrected chi connectivity index (χ1v) is 13.6. The van der Waals surface area contributed by atoms with Crippen molar-refractivity contribution in [2.24, 2.45) is 23.5 Å². The van der Waals surface area contributed by atoms with Crippen LogP contribution in [0.3, 0.4) is 0 Å². The van der Waals surface area contributed by atoms with E-state index in [4.69, 9.17) is 24.7 Å². The van der Waals surface area contributed by atoms with E-state index in [2.05, 4.69) is 0 Å². The second kappa shape index (κ2) is 16.8. The molecule has 214 valence electrons. The molecule has 1 rings (SSSR count). The Labute approximate surface area is 226 Å². The molecule has 1 aromatic rings. The fourth-order valence-corrected chi connectivity index (χ4v) is 3.20. The molecule has 0 amide bonds. The van der Waals surface area contributed by atoms with Gasteiger partial charge in [0.2, 0.25) is 0 Å². The molecular weight excluding hydrogens is 490 g/mol. The van der Waals surface area contributed by atoms with Crippen LogP contribution in [0.1, 0.15) is 86.1 Å². The molecule has 0 spiro atoms. The van der Waals surface area contributed by atoms with E-state index in [-0.39, 0.29) is 61.1 Å². The Morgan fingerprint density at radius 3 is 1.87 bits per heavy atom. The van der Waals surface area contributed by atoms with E-state index in [9.17, 15) is 19.2 Å². The molecule has 3 unspecified atom stereocenters. The van der Waals surface area contributed by atoms with E-state index >= 15 is 0 Å². The molecule has 5 atom stereocenters. The Kier molecular flexibility index (Phi) is 14.6. The summed E-state index contributed by atoms with van der Waals surface area (Å²) in [5, 5.41) is 0. The van der Waals surface area contributed by atoms with E-state index in [1.807, 2.05) is 34.6 Å². The first-order valence-electron chi connectivity index (χ1n) is 13.6. The van der Waals surface area contributed by atoms with Gasteiger partial charge < -0.3 is 24.7 Å². The van der Waals surface area contributed by atoms with Gasteiger partial charge in [0.1, 0.15) is 18.8 Å². The summed E-state index contributed by atoms with van der Waals surface area (Å²) < 4.78 is 21.6. The topological polar surface area (TPSA) is 131 Å². The number of hydrogen-bond acceptors (Lipinski definition) is 9. The molecule has 9 heteroatoms. The van der Waals surface area contributed by atoms with Crippen molar-refractivity contribution in [3.05, 3.63) is 23.8 Å². The maximum atomic E-state index is 12.5. The van der Waals surface area contributed by atoms with Crippen LogP contribution in [0.4, 0.5) is 0 Å². The number of hydrogen-bond donors (Lipinski definition) is 1. The molecule has 38 heavy (non-hydrogen) atoms. The van der Waals surface area contributed by atoms with Crippen molar-refractivity contribution < 1.29 is 38.1 Å². The summed E-state index contributed by atoms with van der Waals surface area (Å²) in [6.07, 6.45) is 2.19. The molecular formula is C29H45NO8. The highest BCUT2D eigenvalue weighted by Gasteiger charge is 2.22. The van der Waals surface area contributed by atoms with Gasteiger partial charge >= 0.3 is 23.9 Å². The molecule has 1 aromatic carbocycles. The van der Waals surface area contributed by atoms with Crippen molar-refractivity contribution in [2.75, 3.05) is 6.61 Å². The number of carbonyl (C=O) groups is 4. The molecule has 0 aliphatic heterocycles. The van der Waals surface area contributed by atoms with Gasteiger partial charge in [-0.05, 0) is 49.3 Å². The Hall–Kier alpha value is -2.94. The number of carbonyl (C=O) groups excluding carboxylic acids is 4. The predicted molar refractivity (Wildman–Crippen MR) is 144 cm³/mol. The standard InChI is InChI=1S/C29H45NO8/c1-8-18(4)13-26(31)37-24-12-11-22(16-25(24)38-27(32)14-19(5)9-2)15-23(30)29(34)36-21(7)17-35-28(33)20(6)10-3/h11-12,16,18-21,23H,8-10,13-15,17,30H2,1-7H3/t18?,19?,20?,21-,23-/m0/s1. The first kappa shape index (κ1) is 33.1. The van der Waals surface area contributed by atoms with Crippen LogP contribution >= 0.6 is 0 Å². The van der Waals surface area contributed by atoms with Gasteiger partial charge in [-0.3, -0.25) is 19.2 Å². The van der Waals surface area contributed by atoms with Crippen LogP contribution in [-0.2, 0) is 35.1 Å². The quantitative estimate of drug-likeness (QED) is 0.235. The highest BCUT2D eigenvalue weighted by atomic mass is 16.6. The van der Waals surface area contributed by atoms with Gasteiger partial charge in [0.05, 0.1) is 5.92 Å². The summed E-state index contributed by atoms with van der Waals surface area (Å²) in [6.45, 7) is 13.1. The number of ether oxygens (including phenoxy) is 4. The van der Waals surface area contributed by atoms with E-state index in [1.54, 1.807) is 26.0 Å². The zero-order chi connectivity index (χ0) is 28.8. The maximum Gasteiger partial charge on any atom is 0.323 e. The summed E-state index contributed by atoms with van der Waals surface area (Å²) in [4.78, 5) is 49.2. The highest BCUT2D eigenvalue weighted by Crippen LogP contribution is 2.30. The minimum Gasteiger partial charge on any atom is -0.462 e. The lowest BCUT2D eigenvalue weighted by molar-refractivity contribution is -0.160. The normalized spacial score (nSPS) is 14.9. The van der Waals surface area contributed by atoms with Crippen molar-refractivity contribution in [1.29, 1.82) is 0 Å². The van der Waals surface area contributed by atoms with Crippen LogP contribution in [0.5, 0.6) is 11.5 Å². The van der Waals surface area contributed by atoms with Crippen molar-refractivity contribution in [2.45, 2.75) is 99.1 Å². The third kappa shape index (κ3) is 12.1. The van der Waals surface area contributed by atoms with Crippen molar-refractivity contribution in [3.8, 4) is 11.5 Å². The van der Waals surface area contributed by atoms with E-state index in [1.165, 1.54) is 6.07 Å². The zero-order valence-corrected chi connectivity index (χ0v) is 23.9. The average Bonchev–Trinajstić information content (AvgIpc) is 2.87. The number of rotatable bonds is 16. The molecule has 0 saturated carbocycles. The highest BCUT2D eigenvalue weighted by molar-refractivity contribution is 5.78. The lowest BCUT2D eigenvalue weighted by Gasteiger charge is -2.18. The van der Waals surface area contributed by atoms with Gasteiger partial charge in [-0.1, -0.05) is 60.5 Å². The second-order valence-electron chi connectivity index (χ2n) is 10.2. The minimum absolute atomic E-state index is 0.0609. The van der Waals surface area contributed by atoms with Gasteiger partial charge in [-0.25, -0.2) is 0 Å². The lowest BCUT2D eigenvalue weighted by atomic mass is 10.0.